The maximum absolute atomic E-state index is 6.09. The molecule has 0 saturated heterocycles. The Kier molecular flexibility index (Phi) is 6.25. The van der Waals surface area contributed by atoms with Gasteiger partial charge in [-0.1, -0.05) is 31.5 Å². The third-order valence-corrected chi connectivity index (χ3v) is 4.10. The third kappa shape index (κ3) is 4.36. The predicted molar refractivity (Wildman–Crippen MR) is 74.7 cm³/mol. The minimum atomic E-state index is 0.868. The molecule has 0 amide bonds. The number of rotatable bonds is 6. The van der Waals surface area contributed by atoms with Crippen LogP contribution in [0.25, 0.3) is 0 Å². The van der Waals surface area contributed by atoms with E-state index in [4.69, 9.17) is 11.6 Å². The number of nitrogens with zero attached hydrogens (tertiary/aromatic N) is 1. The van der Waals surface area contributed by atoms with Crippen molar-refractivity contribution < 1.29 is 0 Å². The minimum absolute atomic E-state index is 0.868. The van der Waals surface area contributed by atoms with Gasteiger partial charge in [0, 0.05) is 22.2 Å². The molecule has 3 heteroatoms. The van der Waals surface area contributed by atoms with Crippen LogP contribution in [0.4, 0.5) is 0 Å². The largest absolute Gasteiger partial charge is 0.303 e. The fraction of sp³-hybridized carbons (Fsp3) is 0.538. The van der Waals surface area contributed by atoms with Crippen molar-refractivity contribution in [1.82, 2.24) is 4.90 Å². The van der Waals surface area contributed by atoms with Crippen LogP contribution in [0.2, 0.25) is 5.02 Å². The Labute approximate surface area is 108 Å². The molecule has 0 spiro atoms. The molecule has 90 valence electrons. The normalized spacial score (nSPS) is 11.1. The Balaban J connectivity index is 2.40. The van der Waals surface area contributed by atoms with E-state index in [1.807, 2.05) is 18.7 Å². The summed E-state index contributed by atoms with van der Waals surface area (Å²) in [5.74, 6) is 1.13. The van der Waals surface area contributed by atoms with Crippen LogP contribution in [0.15, 0.2) is 23.1 Å². The molecule has 0 heterocycles. The van der Waals surface area contributed by atoms with Gasteiger partial charge in [0.15, 0.2) is 0 Å². The van der Waals surface area contributed by atoms with Crippen molar-refractivity contribution in [2.24, 2.45) is 0 Å². The summed E-state index contributed by atoms with van der Waals surface area (Å²) in [4.78, 5) is 3.70. The summed E-state index contributed by atoms with van der Waals surface area (Å²) in [5, 5.41) is 0.868. The highest BCUT2D eigenvalue weighted by atomic mass is 35.5. The van der Waals surface area contributed by atoms with E-state index in [-0.39, 0.29) is 0 Å². The molecule has 0 fully saturated rings. The van der Waals surface area contributed by atoms with Gasteiger partial charge in [-0.05, 0) is 37.7 Å². The molecule has 0 aliphatic carbocycles. The average molecular weight is 258 g/mol. The van der Waals surface area contributed by atoms with Crippen molar-refractivity contribution in [3.8, 4) is 0 Å². The molecule has 0 unspecified atom stereocenters. The molecule has 1 aromatic rings. The maximum Gasteiger partial charge on any atom is 0.0446 e. The summed E-state index contributed by atoms with van der Waals surface area (Å²) in [6.07, 6.45) is 0. The van der Waals surface area contributed by atoms with Crippen LogP contribution < -0.4 is 0 Å². The monoisotopic (exact) mass is 257 g/mol. The van der Waals surface area contributed by atoms with Crippen LogP contribution in [0.1, 0.15) is 19.4 Å². The minimum Gasteiger partial charge on any atom is -0.303 e. The second-order valence-electron chi connectivity index (χ2n) is 3.79. The summed E-state index contributed by atoms with van der Waals surface area (Å²) >= 11 is 7.96. The lowest BCUT2D eigenvalue weighted by molar-refractivity contribution is 0.324. The molecule has 1 nitrogen and oxygen atoms in total. The van der Waals surface area contributed by atoms with Crippen LogP contribution >= 0.6 is 23.4 Å². The van der Waals surface area contributed by atoms with Crippen molar-refractivity contribution in [3.05, 3.63) is 28.8 Å². The first-order valence-corrected chi connectivity index (χ1v) is 7.15. The van der Waals surface area contributed by atoms with Gasteiger partial charge in [-0.2, -0.15) is 0 Å². The summed E-state index contributed by atoms with van der Waals surface area (Å²) < 4.78 is 0. The van der Waals surface area contributed by atoms with Gasteiger partial charge in [-0.3, -0.25) is 0 Å². The molecule has 0 radical (unpaired) electrons. The SMILES string of the molecule is CCN(CC)CCSc1ccc(C)c(Cl)c1. The van der Waals surface area contributed by atoms with Crippen molar-refractivity contribution >= 4 is 23.4 Å². The number of hydrogen-bond donors (Lipinski definition) is 0. The van der Waals surface area contributed by atoms with Crippen molar-refractivity contribution in [3.63, 3.8) is 0 Å². The van der Waals surface area contributed by atoms with E-state index in [2.05, 4.69) is 36.9 Å². The number of hydrogen-bond acceptors (Lipinski definition) is 2. The standard InChI is InChI=1S/C13H20ClNS/c1-4-15(5-2)8-9-16-12-7-6-11(3)13(14)10-12/h6-7,10H,4-5,8-9H2,1-3H3. The van der Waals surface area contributed by atoms with Gasteiger partial charge in [0.1, 0.15) is 0 Å². The van der Waals surface area contributed by atoms with Crippen LogP contribution in [-0.2, 0) is 0 Å². The molecule has 0 atom stereocenters. The number of aryl methyl sites for hydroxylation is 1. The van der Waals surface area contributed by atoms with Crippen molar-refractivity contribution in [2.75, 3.05) is 25.4 Å². The highest BCUT2D eigenvalue weighted by molar-refractivity contribution is 7.99. The van der Waals surface area contributed by atoms with E-state index in [1.165, 1.54) is 4.90 Å². The van der Waals surface area contributed by atoms with Crippen LogP contribution in [0.5, 0.6) is 0 Å². The van der Waals surface area contributed by atoms with E-state index in [9.17, 15) is 0 Å². The molecule has 1 rings (SSSR count). The number of thioether (sulfide) groups is 1. The molecule has 0 bridgehead atoms. The predicted octanol–water partition coefficient (Wildman–Crippen LogP) is 4.08. The van der Waals surface area contributed by atoms with Crippen molar-refractivity contribution in [1.29, 1.82) is 0 Å². The van der Waals surface area contributed by atoms with Crippen molar-refractivity contribution in [2.45, 2.75) is 25.7 Å². The van der Waals surface area contributed by atoms with E-state index in [0.717, 1.165) is 36.0 Å². The summed E-state index contributed by atoms with van der Waals surface area (Å²) in [6, 6.07) is 6.29. The maximum atomic E-state index is 6.09. The van der Waals surface area contributed by atoms with Crippen LogP contribution in [0.3, 0.4) is 0 Å². The van der Waals surface area contributed by atoms with Gasteiger partial charge < -0.3 is 4.90 Å². The fourth-order valence-electron chi connectivity index (χ4n) is 1.50. The first kappa shape index (κ1) is 13.9. The molecule has 0 saturated carbocycles. The lowest BCUT2D eigenvalue weighted by Gasteiger charge is -2.17. The zero-order valence-electron chi connectivity index (χ0n) is 10.3. The summed E-state index contributed by atoms with van der Waals surface area (Å²) in [5.41, 5.74) is 1.15. The van der Waals surface area contributed by atoms with Gasteiger partial charge in [-0.15, -0.1) is 11.8 Å². The third-order valence-electron chi connectivity index (χ3n) is 2.71. The molecule has 1 aromatic carbocycles. The lowest BCUT2D eigenvalue weighted by atomic mass is 10.2. The lowest BCUT2D eigenvalue weighted by Crippen LogP contribution is -2.25. The second kappa shape index (κ2) is 7.21. The Morgan fingerprint density at radius 2 is 1.94 bits per heavy atom. The first-order chi connectivity index (χ1) is 7.67. The second-order valence-corrected chi connectivity index (χ2v) is 5.36. The van der Waals surface area contributed by atoms with Gasteiger partial charge in [-0.25, -0.2) is 0 Å². The molecular formula is C13H20ClNS. The molecule has 0 aliphatic heterocycles. The van der Waals surface area contributed by atoms with E-state index in [0.29, 0.717) is 0 Å². The molecule has 0 N–H and O–H groups in total. The van der Waals surface area contributed by atoms with Crippen LogP contribution in [0, 0.1) is 6.92 Å². The highest BCUT2D eigenvalue weighted by Gasteiger charge is 2.01. The van der Waals surface area contributed by atoms with Gasteiger partial charge in [0.05, 0.1) is 0 Å². The van der Waals surface area contributed by atoms with Crippen LogP contribution in [-0.4, -0.2) is 30.3 Å². The Morgan fingerprint density at radius 1 is 1.25 bits per heavy atom. The number of halogens is 1. The van der Waals surface area contributed by atoms with E-state index in [1.54, 1.807) is 0 Å². The first-order valence-electron chi connectivity index (χ1n) is 5.78. The molecule has 0 aromatic heterocycles. The Bertz CT molecular complexity index is 324. The Hall–Kier alpha value is -0.180. The van der Waals surface area contributed by atoms with Gasteiger partial charge in [0.2, 0.25) is 0 Å². The summed E-state index contributed by atoms with van der Waals surface area (Å²) in [6.45, 7) is 9.85. The highest BCUT2D eigenvalue weighted by Crippen LogP contribution is 2.24. The van der Waals surface area contributed by atoms with E-state index >= 15 is 0 Å². The number of benzene rings is 1. The molecule has 0 aliphatic rings. The van der Waals surface area contributed by atoms with Gasteiger partial charge >= 0.3 is 0 Å². The average Bonchev–Trinajstić information content (AvgIpc) is 2.29. The van der Waals surface area contributed by atoms with Gasteiger partial charge in [0.25, 0.3) is 0 Å². The summed E-state index contributed by atoms with van der Waals surface area (Å²) in [7, 11) is 0. The molecule has 16 heavy (non-hydrogen) atoms. The zero-order valence-corrected chi connectivity index (χ0v) is 11.9. The van der Waals surface area contributed by atoms with E-state index < -0.39 is 0 Å². The topological polar surface area (TPSA) is 3.24 Å². The Morgan fingerprint density at radius 3 is 2.50 bits per heavy atom. The molecular weight excluding hydrogens is 238 g/mol. The quantitative estimate of drug-likeness (QED) is 0.707. The fourth-order valence-corrected chi connectivity index (χ4v) is 2.69. The smallest absolute Gasteiger partial charge is 0.0446 e. The zero-order chi connectivity index (χ0) is 12.0.